The van der Waals surface area contributed by atoms with Gasteiger partial charge in [0.1, 0.15) is 11.6 Å². The summed E-state index contributed by atoms with van der Waals surface area (Å²) in [6.45, 7) is 2.00. The predicted octanol–water partition coefficient (Wildman–Crippen LogP) is 7.81. The molecule has 0 nitrogen and oxygen atoms in total. The maximum atomic E-state index is 14.5. The van der Waals surface area contributed by atoms with Crippen LogP contribution >= 0.6 is 0 Å². The van der Waals surface area contributed by atoms with Gasteiger partial charge in [0.25, 0.3) is 0 Å². The molecule has 4 aromatic carbocycles. The van der Waals surface area contributed by atoms with Crippen LogP contribution in [0.15, 0.2) is 91.0 Å². The maximum absolute atomic E-state index is 14.5. The van der Waals surface area contributed by atoms with Crippen LogP contribution in [0.4, 0.5) is 8.78 Å². The molecule has 0 spiro atoms. The normalized spacial score (nSPS) is 11.0. The minimum Gasteiger partial charge on any atom is -0.207 e. The van der Waals surface area contributed by atoms with Crippen molar-refractivity contribution in [2.24, 2.45) is 0 Å². The van der Waals surface area contributed by atoms with Crippen molar-refractivity contribution in [1.82, 2.24) is 0 Å². The molecule has 0 N–H and O–H groups in total. The summed E-state index contributed by atoms with van der Waals surface area (Å²) >= 11 is 0. The summed E-state index contributed by atoms with van der Waals surface area (Å²) in [5.74, 6) is 6.01. The van der Waals surface area contributed by atoms with Gasteiger partial charge in [-0.3, -0.25) is 0 Å². The van der Waals surface area contributed by atoms with E-state index in [1.165, 1.54) is 12.1 Å². The summed E-state index contributed by atoms with van der Waals surface area (Å²) in [6.07, 6.45) is 7.37. The number of aryl methyl sites for hydroxylation is 3. The van der Waals surface area contributed by atoms with E-state index in [0.717, 1.165) is 57.9 Å². The lowest BCUT2D eigenvalue weighted by Gasteiger charge is -2.06. The topological polar surface area (TPSA) is 0 Å². The third kappa shape index (κ3) is 6.18. The van der Waals surface area contributed by atoms with Gasteiger partial charge in [-0.25, -0.2) is 8.78 Å². The predicted molar refractivity (Wildman–Crippen MR) is 133 cm³/mol. The van der Waals surface area contributed by atoms with E-state index in [2.05, 4.69) is 30.0 Å². The Hall–Kier alpha value is -3.70. The lowest BCUT2D eigenvalue weighted by Crippen LogP contribution is -1.97. The molecule has 0 radical (unpaired) electrons. The third-order valence-corrected chi connectivity index (χ3v) is 5.74. The van der Waals surface area contributed by atoms with Crippen LogP contribution in [0.5, 0.6) is 0 Å². The zero-order valence-electron chi connectivity index (χ0n) is 18.7. The second-order valence-electron chi connectivity index (χ2n) is 8.19. The lowest BCUT2D eigenvalue weighted by molar-refractivity contribution is 0.606. The van der Waals surface area contributed by atoms with Gasteiger partial charge in [0.05, 0.1) is 0 Å². The molecule has 33 heavy (non-hydrogen) atoms. The Labute approximate surface area is 194 Å². The molecule has 0 bridgehead atoms. The molecule has 0 unspecified atom stereocenters. The molecule has 0 aliphatic carbocycles. The van der Waals surface area contributed by atoms with Crippen molar-refractivity contribution in [3.8, 4) is 11.8 Å². The quantitative estimate of drug-likeness (QED) is 0.214. The minimum atomic E-state index is -0.235. The van der Waals surface area contributed by atoms with Crippen LogP contribution in [0.1, 0.15) is 41.2 Å². The van der Waals surface area contributed by atoms with E-state index in [1.807, 2.05) is 55.5 Å². The molecule has 4 rings (SSSR count). The molecule has 0 fully saturated rings. The molecule has 0 aliphatic heterocycles. The van der Waals surface area contributed by atoms with Crippen molar-refractivity contribution in [3.05, 3.63) is 130 Å². The molecule has 0 aromatic heterocycles. The summed E-state index contributed by atoms with van der Waals surface area (Å²) in [5, 5.41) is 1.83. The molecule has 0 amide bonds. The standard InChI is InChI=1S/C31H26F2/c1-2-3-4-5-25-13-16-27(31(33)21-25)15-12-24-8-6-23(7-9-24)10-11-26-14-17-29-22-30(32)19-18-28(29)20-26/h2-3,6-9,13-14,16-22H,4-5,12,15H2,1H3/b3-2+. The minimum absolute atomic E-state index is 0.117. The first-order chi connectivity index (χ1) is 16.1. The van der Waals surface area contributed by atoms with Crippen molar-refractivity contribution >= 4 is 10.8 Å². The zero-order chi connectivity index (χ0) is 23.0. The van der Waals surface area contributed by atoms with Crippen LogP contribution in [-0.2, 0) is 19.3 Å². The fraction of sp³-hybridized carbons (Fsp3) is 0.161. The van der Waals surface area contributed by atoms with Gasteiger partial charge in [-0.05, 0) is 103 Å². The first-order valence-electron chi connectivity index (χ1n) is 11.3. The molecular formula is C31H26F2. The summed E-state index contributed by atoms with van der Waals surface area (Å²) in [5.41, 5.74) is 4.77. The maximum Gasteiger partial charge on any atom is 0.126 e. The summed E-state index contributed by atoms with van der Waals surface area (Å²) in [6, 6.07) is 24.2. The highest BCUT2D eigenvalue weighted by Gasteiger charge is 2.05. The van der Waals surface area contributed by atoms with E-state index in [4.69, 9.17) is 0 Å². The van der Waals surface area contributed by atoms with Crippen molar-refractivity contribution in [3.63, 3.8) is 0 Å². The van der Waals surface area contributed by atoms with E-state index in [0.29, 0.717) is 6.42 Å². The largest absolute Gasteiger partial charge is 0.207 e. The number of benzene rings is 4. The summed E-state index contributed by atoms with van der Waals surface area (Å²) < 4.78 is 27.8. The highest BCUT2D eigenvalue weighted by atomic mass is 19.1. The molecule has 4 aromatic rings. The first kappa shape index (κ1) is 22.5. The van der Waals surface area contributed by atoms with Gasteiger partial charge in [-0.1, -0.05) is 60.4 Å². The Balaban J connectivity index is 1.37. The summed E-state index contributed by atoms with van der Waals surface area (Å²) in [4.78, 5) is 0. The Morgan fingerprint density at radius 3 is 2.15 bits per heavy atom. The second-order valence-corrected chi connectivity index (χ2v) is 8.19. The smallest absolute Gasteiger partial charge is 0.126 e. The molecule has 0 atom stereocenters. The van der Waals surface area contributed by atoms with E-state index in [9.17, 15) is 8.78 Å². The van der Waals surface area contributed by atoms with Crippen LogP contribution in [0.2, 0.25) is 0 Å². The Morgan fingerprint density at radius 1 is 0.667 bits per heavy atom. The van der Waals surface area contributed by atoms with Gasteiger partial charge in [0.15, 0.2) is 0 Å². The fourth-order valence-electron chi connectivity index (χ4n) is 3.84. The molecule has 164 valence electrons. The summed E-state index contributed by atoms with van der Waals surface area (Å²) in [7, 11) is 0. The van der Waals surface area contributed by atoms with Gasteiger partial charge >= 0.3 is 0 Å². The molecular weight excluding hydrogens is 410 g/mol. The SMILES string of the molecule is C/C=C/CCc1ccc(CCc2ccc(C#Cc3ccc4cc(F)ccc4c3)cc2)c(F)c1. The van der Waals surface area contributed by atoms with Gasteiger partial charge in [0.2, 0.25) is 0 Å². The molecule has 0 saturated heterocycles. The van der Waals surface area contributed by atoms with Crippen molar-refractivity contribution in [2.45, 2.75) is 32.6 Å². The van der Waals surface area contributed by atoms with Gasteiger partial charge in [-0.2, -0.15) is 0 Å². The van der Waals surface area contributed by atoms with Crippen LogP contribution in [0.3, 0.4) is 0 Å². The number of hydrogen-bond donors (Lipinski definition) is 0. The van der Waals surface area contributed by atoms with Crippen molar-refractivity contribution in [2.75, 3.05) is 0 Å². The van der Waals surface area contributed by atoms with Crippen molar-refractivity contribution in [1.29, 1.82) is 0 Å². The second kappa shape index (κ2) is 10.7. The fourth-order valence-corrected chi connectivity index (χ4v) is 3.84. The molecule has 2 heteroatoms. The Bertz CT molecular complexity index is 1340. The number of allylic oxidation sites excluding steroid dienone is 2. The van der Waals surface area contributed by atoms with Gasteiger partial charge in [0, 0.05) is 11.1 Å². The number of rotatable bonds is 6. The van der Waals surface area contributed by atoms with Gasteiger partial charge in [-0.15, -0.1) is 0 Å². The Morgan fingerprint density at radius 2 is 1.36 bits per heavy atom. The molecule has 0 aliphatic rings. The molecule has 0 heterocycles. The number of hydrogen-bond acceptors (Lipinski definition) is 0. The Kier molecular flexibility index (Phi) is 7.33. The number of fused-ring (bicyclic) bond motifs is 1. The first-order valence-corrected chi connectivity index (χ1v) is 11.3. The third-order valence-electron chi connectivity index (χ3n) is 5.74. The average molecular weight is 437 g/mol. The average Bonchev–Trinajstić information content (AvgIpc) is 2.83. The van der Waals surface area contributed by atoms with E-state index >= 15 is 0 Å². The van der Waals surface area contributed by atoms with Crippen LogP contribution in [0, 0.1) is 23.5 Å². The highest BCUT2D eigenvalue weighted by molar-refractivity contribution is 5.84. The number of halogens is 2. The van der Waals surface area contributed by atoms with E-state index in [-0.39, 0.29) is 11.6 Å². The van der Waals surface area contributed by atoms with Crippen molar-refractivity contribution < 1.29 is 8.78 Å². The zero-order valence-corrected chi connectivity index (χ0v) is 18.7. The monoisotopic (exact) mass is 436 g/mol. The lowest BCUT2D eigenvalue weighted by atomic mass is 10.0. The molecule has 0 saturated carbocycles. The van der Waals surface area contributed by atoms with Crippen LogP contribution < -0.4 is 0 Å². The van der Waals surface area contributed by atoms with Gasteiger partial charge < -0.3 is 0 Å². The highest BCUT2D eigenvalue weighted by Crippen LogP contribution is 2.18. The van der Waals surface area contributed by atoms with E-state index < -0.39 is 0 Å². The van der Waals surface area contributed by atoms with Crippen LogP contribution in [0.25, 0.3) is 10.8 Å². The van der Waals surface area contributed by atoms with E-state index in [1.54, 1.807) is 12.1 Å². The van der Waals surface area contributed by atoms with Crippen LogP contribution in [-0.4, -0.2) is 0 Å².